The second-order valence-corrected chi connectivity index (χ2v) is 2.78. The van der Waals surface area contributed by atoms with Crippen molar-refractivity contribution < 1.29 is 4.74 Å². The third-order valence-electron chi connectivity index (χ3n) is 1.59. The van der Waals surface area contributed by atoms with Gasteiger partial charge >= 0.3 is 0 Å². The highest BCUT2D eigenvalue weighted by Crippen LogP contribution is 2.08. The number of rotatable bonds is 4. The van der Waals surface area contributed by atoms with Gasteiger partial charge in [-0.3, -0.25) is 0 Å². The normalized spacial score (nSPS) is 12.9. The molecule has 1 heterocycles. The minimum atomic E-state index is 0.172. The highest BCUT2D eigenvalue weighted by molar-refractivity contribution is 5.07. The minimum Gasteiger partial charge on any atom is -0.473 e. The highest BCUT2D eigenvalue weighted by atomic mass is 16.5. The zero-order valence-corrected chi connectivity index (χ0v) is 7.74. The molecule has 1 aromatic heterocycles. The maximum absolute atomic E-state index is 5.56. The Labute approximate surface area is 72.5 Å². The largest absolute Gasteiger partial charge is 0.473 e. The van der Waals surface area contributed by atoms with Crippen molar-refractivity contribution in [3.8, 4) is 5.88 Å². The summed E-state index contributed by atoms with van der Waals surface area (Å²) < 4.78 is 7.28. The van der Waals surface area contributed by atoms with Crippen molar-refractivity contribution in [3.05, 3.63) is 12.3 Å². The Balaban J connectivity index is 2.46. The molecule has 0 radical (unpaired) electrons. The summed E-state index contributed by atoms with van der Waals surface area (Å²) in [4.78, 5) is 0. The number of ether oxygens (including phenoxy) is 1. The lowest BCUT2D eigenvalue weighted by Crippen LogP contribution is -2.26. The van der Waals surface area contributed by atoms with Gasteiger partial charge in [-0.25, -0.2) is 4.68 Å². The van der Waals surface area contributed by atoms with E-state index in [0.29, 0.717) is 0 Å². The van der Waals surface area contributed by atoms with Crippen LogP contribution in [0, 0.1) is 0 Å². The lowest BCUT2D eigenvalue weighted by atomic mass is 10.4. The Kier molecular flexibility index (Phi) is 3.10. The molecule has 0 unspecified atom stereocenters. The van der Waals surface area contributed by atoms with Crippen LogP contribution in [0.15, 0.2) is 12.3 Å². The summed E-state index contributed by atoms with van der Waals surface area (Å²) in [6.07, 6.45) is 1.90. The van der Waals surface area contributed by atoms with Crippen LogP contribution >= 0.6 is 0 Å². The van der Waals surface area contributed by atoms with Crippen molar-refractivity contribution in [1.29, 1.82) is 0 Å². The van der Waals surface area contributed by atoms with Crippen LogP contribution in [-0.2, 0) is 7.05 Å². The maximum atomic E-state index is 5.56. The van der Waals surface area contributed by atoms with Crippen LogP contribution < -0.4 is 10.1 Å². The van der Waals surface area contributed by atoms with Crippen molar-refractivity contribution >= 4 is 0 Å². The molecule has 0 amide bonds. The molecule has 0 spiro atoms. The third kappa shape index (κ3) is 2.23. The van der Waals surface area contributed by atoms with Crippen LogP contribution in [-0.4, -0.2) is 29.5 Å². The molecule has 0 fully saturated rings. The summed E-state index contributed by atoms with van der Waals surface area (Å²) in [6, 6.07) is 1.85. The van der Waals surface area contributed by atoms with Crippen LogP contribution in [0.5, 0.6) is 5.88 Å². The smallest absolute Gasteiger partial charge is 0.211 e. The fraction of sp³-hybridized carbons (Fsp3) is 0.625. The van der Waals surface area contributed by atoms with Crippen LogP contribution in [0.25, 0.3) is 0 Å². The molecule has 0 aliphatic rings. The molecule has 0 saturated carbocycles. The Morgan fingerprint density at radius 1 is 1.75 bits per heavy atom. The van der Waals surface area contributed by atoms with Crippen LogP contribution in [0.4, 0.5) is 0 Å². The molecule has 1 aromatic rings. The lowest BCUT2D eigenvalue weighted by molar-refractivity contribution is 0.202. The zero-order valence-electron chi connectivity index (χ0n) is 7.74. The van der Waals surface area contributed by atoms with Gasteiger partial charge in [-0.1, -0.05) is 0 Å². The van der Waals surface area contributed by atoms with Crippen LogP contribution in [0.1, 0.15) is 6.92 Å². The molecule has 4 nitrogen and oxygen atoms in total. The SMILES string of the molecule is CNC[C@H](C)Oc1ccnn1C. The topological polar surface area (TPSA) is 39.1 Å². The first-order valence-electron chi connectivity index (χ1n) is 4.03. The molecule has 0 bridgehead atoms. The Morgan fingerprint density at radius 2 is 2.50 bits per heavy atom. The van der Waals surface area contributed by atoms with E-state index in [2.05, 4.69) is 10.4 Å². The van der Waals surface area contributed by atoms with Crippen molar-refractivity contribution in [2.75, 3.05) is 13.6 Å². The van der Waals surface area contributed by atoms with Crippen molar-refractivity contribution in [2.24, 2.45) is 7.05 Å². The van der Waals surface area contributed by atoms with E-state index < -0.39 is 0 Å². The standard InChI is InChI=1S/C8H15N3O/c1-7(6-9-2)12-8-4-5-10-11(8)3/h4-5,7,9H,6H2,1-3H3/t7-/m0/s1. The van der Waals surface area contributed by atoms with E-state index in [1.165, 1.54) is 0 Å². The van der Waals surface area contributed by atoms with E-state index in [1.807, 2.05) is 27.1 Å². The Bertz CT molecular complexity index is 234. The fourth-order valence-corrected chi connectivity index (χ4v) is 1.01. The molecule has 4 heteroatoms. The number of aromatic nitrogens is 2. The summed E-state index contributed by atoms with van der Waals surface area (Å²) in [6.45, 7) is 2.86. The fourth-order valence-electron chi connectivity index (χ4n) is 1.01. The summed E-state index contributed by atoms with van der Waals surface area (Å²) in [5.41, 5.74) is 0. The van der Waals surface area contributed by atoms with Gasteiger partial charge in [-0.15, -0.1) is 0 Å². The van der Waals surface area contributed by atoms with E-state index in [-0.39, 0.29) is 6.10 Å². The zero-order chi connectivity index (χ0) is 8.97. The van der Waals surface area contributed by atoms with Gasteiger partial charge in [-0.05, 0) is 14.0 Å². The molecular weight excluding hydrogens is 154 g/mol. The number of hydrogen-bond donors (Lipinski definition) is 1. The summed E-state index contributed by atoms with van der Waals surface area (Å²) >= 11 is 0. The van der Waals surface area contributed by atoms with Gasteiger partial charge in [0, 0.05) is 19.7 Å². The molecular formula is C8H15N3O. The third-order valence-corrected chi connectivity index (χ3v) is 1.59. The predicted molar refractivity (Wildman–Crippen MR) is 47.2 cm³/mol. The first-order chi connectivity index (χ1) is 5.74. The quantitative estimate of drug-likeness (QED) is 0.709. The maximum Gasteiger partial charge on any atom is 0.211 e. The number of aryl methyl sites for hydroxylation is 1. The Morgan fingerprint density at radius 3 is 3.00 bits per heavy atom. The molecule has 1 atom stereocenters. The van der Waals surface area contributed by atoms with E-state index in [4.69, 9.17) is 4.74 Å². The highest BCUT2D eigenvalue weighted by Gasteiger charge is 2.04. The van der Waals surface area contributed by atoms with Gasteiger partial charge in [0.2, 0.25) is 5.88 Å². The van der Waals surface area contributed by atoms with Gasteiger partial charge in [0.15, 0.2) is 0 Å². The van der Waals surface area contributed by atoms with E-state index in [9.17, 15) is 0 Å². The predicted octanol–water partition coefficient (Wildman–Crippen LogP) is 0.407. The van der Waals surface area contributed by atoms with Gasteiger partial charge in [-0.2, -0.15) is 5.10 Å². The molecule has 12 heavy (non-hydrogen) atoms. The molecule has 0 aliphatic heterocycles. The summed E-state index contributed by atoms with van der Waals surface area (Å²) in [7, 11) is 3.77. The van der Waals surface area contributed by atoms with Crippen LogP contribution in [0.3, 0.4) is 0 Å². The number of likely N-dealkylation sites (N-methyl/N-ethyl adjacent to an activating group) is 1. The molecule has 68 valence electrons. The summed E-state index contributed by atoms with van der Waals surface area (Å²) in [5.74, 6) is 0.803. The lowest BCUT2D eigenvalue weighted by Gasteiger charge is -2.13. The van der Waals surface area contributed by atoms with Gasteiger partial charge in [0.05, 0.1) is 6.20 Å². The first kappa shape index (κ1) is 9.06. The molecule has 1 N–H and O–H groups in total. The minimum absolute atomic E-state index is 0.172. The number of nitrogens with one attached hydrogen (secondary N) is 1. The van der Waals surface area contributed by atoms with Crippen molar-refractivity contribution in [3.63, 3.8) is 0 Å². The Hall–Kier alpha value is -1.03. The monoisotopic (exact) mass is 169 g/mol. The van der Waals surface area contributed by atoms with E-state index >= 15 is 0 Å². The molecule has 1 rings (SSSR count). The van der Waals surface area contributed by atoms with Gasteiger partial charge in [0.1, 0.15) is 6.10 Å². The van der Waals surface area contributed by atoms with Crippen molar-refractivity contribution in [2.45, 2.75) is 13.0 Å². The molecule has 0 aromatic carbocycles. The number of hydrogen-bond acceptors (Lipinski definition) is 3. The van der Waals surface area contributed by atoms with Gasteiger partial charge < -0.3 is 10.1 Å². The second kappa shape index (κ2) is 4.11. The molecule has 0 saturated heterocycles. The average molecular weight is 169 g/mol. The van der Waals surface area contributed by atoms with Gasteiger partial charge in [0.25, 0.3) is 0 Å². The van der Waals surface area contributed by atoms with Crippen LogP contribution in [0.2, 0.25) is 0 Å². The van der Waals surface area contributed by atoms with E-state index in [0.717, 1.165) is 12.4 Å². The van der Waals surface area contributed by atoms with E-state index in [1.54, 1.807) is 10.9 Å². The summed E-state index contributed by atoms with van der Waals surface area (Å²) in [5, 5.41) is 7.05. The first-order valence-corrected chi connectivity index (χ1v) is 4.03. The second-order valence-electron chi connectivity index (χ2n) is 2.78. The average Bonchev–Trinajstić information content (AvgIpc) is 2.37. The number of nitrogens with zero attached hydrogens (tertiary/aromatic N) is 2. The van der Waals surface area contributed by atoms with Crippen molar-refractivity contribution in [1.82, 2.24) is 15.1 Å². The molecule has 0 aliphatic carbocycles.